The lowest BCUT2D eigenvalue weighted by atomic mass is 10.2. The summed E-state index contributed by atoms with van der Waals surface area (Å²) >= 11 is 0. The molecule has 0 atom stereocenters. The molecular formula is C15H13F2N5O2S. The number of aromatic nitrogens is 4. The predicted octanol–water partition coefficient (Wildman–Crippen LogP) is 2.37. The molecule has 0 amide bonds. The van der Waals surface area contributed by atoms with Crippen LogP contribution in [0.25, 0.3) is 10.9 Å². The van der Waals surface area contributed by atoms with E-state index in [0.717, 1.165) is 12.3 Å². The number of hydrogen-bond donors (Lipinski definition) is 1. The first-order valence-electron chi connectivity index (χ1n) is 7.13. The van der Waals surface area contributed by atoms with Crippen LogP contribution >= 0.6 is 0 Å². The topological polar surface area (TPSA) is 97.7 Å². The minimum Gasteiger partial charge on any atom is -0.362 e. The first-order chi connectivity index (χ1) is 11.8. The normalized spacial score (nSPS) is 11.8. The predicted molar refractivity (Wildman–Crippen MR) is 87.0 cm³/mol. The van der Waals surface area contributed by atoms with Gasteiger partial charge in [0.15, 0.2) is 9.84 Å². The molecule has 3 rings (SSSR count). The first kappa shape index (κ1) is 17.1. The molecule has 0 spiro atoms. The molecule has 0 aliphatic rings. The van der Waals surface area contributed by atoms with E-state index >= 15 is 0 Å². The van der Waals surface area contributed by atoms with E-state index in [4.69, 9.17) is 0 Å². The van der Waals surface area contributed by atoms with Crippen molar-refractivity contribution in [1.29, 1.82) is 0 Å². The average Bonchev–Trinajstić information content (AvgIpc) is 2.59. The van der Waals surface area contributed by atoms with E-state index in [2.05, 4.69) is 25.3 Å². The van der Waals surface area contributed by atoms with Crippen molar-refractivity contribution < 1.29 is 17.2 Å². The van der Waals surface area contributed by atoms with E-state index in [1.807, 2.05) is 0 Å². The number of nitrogens with one attached hydrogen (secondary N) is 1. The maximum absolute atomic E-state index is 12.7. The van der Waals surface area contributed by atoms with Crippen LogP contribution in [0.2, 0.25) is 0 Å². The van der Waals surface area contributed by atoms with E-state index in [-0.39, 0.29) is 23.0 Å². The van der Waals surface area contributed by atoms with Gasteiger partial charge in [-0.1, -0.05) is 0 Å². The summed E-state index contributed by atoms with van der Waals surface area (Å²) in [6, 6.07) is 5.65. The quantitative estimate of drug-likeness (QED) is 0.741. The van der Waals surface area contributed by atoms with Crippen molar-refractivity contribution in [2.45, 2.75) is 17.9 Å². The van der Waals surface area contributed by atoms with Crippen molar-refractivity contribution >= 4 is 26.6 Å². The maximum atomic E-state index is 12.7. The van der Waals surface area contributed by atoms with Crippen LogP contribution in [-0.4, -0.2) is 34.6 Å². The summed E-state index contributed by atoms with van der Waals surface area (Å²) in [6.07, 6.45) is 1.00. The summed E-state index contributed by atoms with van der Waals surface area (Å²) in [4.78, 5) is 16.0. The molecule has 2 heterocycles. The molecular weight excluding hydrogens is 352 g/mol. The van der Waals surface area contributed by atoms with E-state index in [0.29, 0.717) is 16.7 Å². The number of sulfone groups is 1. The van der Waals surface area contributed by atoms with Crippen LogP contribution in [0.3, 0.4) is 0 Å². The third-order valence-electron chi connectivity index (χ3n) is 3.40. The monoisotopic (exact) mass is 365 g/mol. The smallest absolute Gasteiger partial charge is 0.280 e. The van der Waals surface area contributed by atoms with Gasteiger partial charge in [0.2, 0.25) is 0 Å². The third kappa shape index (κ3) is 3.85. The number of alkyl halides is 2. The standard InChI is InChI=1S/C15H13F2N5O2S/c1-25(23,24)9-2-3-11-10(6-9)15(21-8-20-11)19-7-13-18-5-4-12(22-13)14(16)17/h2-6,8,14H,7H2,1H3,(H,19,20,21). The van der Waals surface area contributed by atoms with E-state index < -0.39 is 16.3 Å². The molecule has 7 nitrogen and oxygen atoms in total. The SMILES string of the molecule is CS(=O)(=O)c1ccc2ncnc(NCc3nccc(C(F)F)n3)c2c1. The number of fused-ring (bicyclic) bond motifs is 1. The van der Waals surface area contributed by atoms with Gasteiger partial charge in [-0.2, -0.15) is 0 Å². The molecule has 0 bridgehead atoms. The van der Waals surface area contributed by atoms with Gasteiger partial charge in [-0.3, -0.25) is 0 Å². The minimum absolute atomic E-state index is 0.0514. The molecule has 10 heteroatoms. The van der Waals surface area contributed by atoms with Crippen LogP contribution in [0.5, 0.6) is 0 Å². The lowest BCUT2D eigenvalue weighted by Crippen LogP contribution is -2.08. The third-order valence-corrected chi connectivity index (χ3v) is 4.51. The summed E-state index contributed by atoms with van der Waals surface area (Å²) in [6.45, 7) is 0.0514. The highest BCUT2D eigenvalue weighted by atomic mass is 32.2. The lowest BCUT2D eigenvalue weighted by molar-refractivity contribution is 0.145. The van der Waals surface area contributed by atoms with E-state index in [1.165, 1.54) is 24.7 Å². The Bertz CT molecular complexity index is 1030. The van der Waals surface area contributed by atoms with Crippen molar-refractivity contribution in [1.82, 2.24) is 19.9 Å². The summed E-state index contributed by atoms with van der Waals surface area (Å²) in [5.74, 6) is 0.533. The minimum atomic E-state index is -3.38. The number of benzene rings is 1. The molecule has 0 saturated carbocycles. The Morgan fingerprint density at radius 3 is 2.68 bits per heavy atom. The van der Waals surface area contributed by atoms with Crippen molar-refractivity contribution in [2.24, 2.45) is 0 Å². The van der Waals surface area contributed by atoms with Crippen molar-refractivity contribution in [3.05, 3.63) is 48.3 Å². The second kappa shape index (κ2) is 6.63. The highest BCUT2D eigenvalue weighted by molar-refractivity contribution is 7.90. The molecule has 0 radical (unpaired) electrons. The zero-order chi connectivity index (χ0) is 18.0. The highest BCUT2D eigenvalue weighted by Crippen LogP contribution is 2.23. The van der Waals surface area contributed by atoms with Gasteiger partial charge in [-0.25, -0.2) is 37.1 Å². The molecule has 0 unspecified atom stereocenters. The Morgan fingerprint density at radius 1 is 1.16 bits per heavy atom. The molecule has 0 aliphatic carbocycles. The fourth-order valence-electron chi connectivity index (χ4n) is 2.19. The Kier molecular flexibility index (Phi) is 4.53. The molecule has 0 aliphatic heterocycles. The maximum Gasteiger partial charge on any atom is 0.280 e. The fraction of sp³-hybridized carbons (Fsp3) is 0.200. The van der Waals surface area contributed by atoms with E-state index in [1.54, 1.807) is 6.07 Å². The molecule has 2 aromatic heterocycles. The Hall–Kier alpha value is -2.75. The molecule has 25 heavy (non-hydrogen) atoms. The molecule has 1 aromatic carbocycles. The summed E-state index contributed by atoms with van der Waals surface area (Å²) in [7, 11) is -3.38. The second-order valence-electron chi connectivity index (χ2n) is 5.23. The van der Waals surface area contributed by atoms with Crippen molar-refractivity contribution in [2.75, 3.05) is 11.6 Å². The Morgan fingerprint density at radius 2 is 1.96 bits per heavy atom. The lowest BCUT2D eigenvalue weighted by Gasteiger charge is -2.09. The second-order valence-corrected chi connectivity index (χ2v) is 7.24. The zero-order valence-corrected chi connectivity index (χ0v) is 13.8. The van der Waals surface area contributed by atoms with Gasteiger partial charge < -0.3 is 5.32 Å². The zero-order valence-electron chi connectivity index (χ0n) is 13.0. The summed E-state index contributed by atoms with van der Waals surface area (Å²) < 4.78 is 48.8. The molecule has 0 fully saturated rings. The number of nitrogens with zero attached hydrogens (tertiary/aromatic N) is 4. The van der Waals surface area contributed by atoms with Gasteiger partial charge in [-0.05, 0) is 24.3 Å². The van der Waals surface area contributed by atoms with Gasteiger partial charge in [0, 0.05) is 17.8 Å². The van der Waals surface area contributed by atoms with Crippen LogP contribution < -0.4 is 5.32 Å². The number of rotatable bonds is 5. The van der Waals surface area contributed by atoms with Gasteiger partial charge in [-0.15, -0.1) is 0 Å². The largest absolute Gasteiger partial charge is 0.362 e. The van der Waals surface area contributed by atoms with Gasteiger partial charge in [0.1, 0.15) is 23.7 Å². The number of hydrogen-bond acceptors (Lipinski definition) is 7. The molecule has 130 valence electrons. The molecule has 0 saturated heterocycles. The van der Waals surface area contributed by atoms with E-state index in [9.17, 15) is 17.2 Å². The number of halogens is 2. The number of anilines is 1. The van der Waals surface area contributed by atoms with Crippen molar-refractivity contribution in [3.8, 4) is 0 Å². The fourth-order valence-corrected chi connectivity index (χ4v) is 2.84. The summed E-state index contributed by atoms with van der Waals surface area (Å²) in [5, 5.41) is 3.43. The van der Waals surface area contributed by atoms with Crippen LogP contribution in [0, 0.1) is 0 Å². The summed E-state index contributed by atoms with van der Waals surface area (Å²) in [5.41, 5.74) is 0.186. The van der Waals surface area contributed by atoms with Crippen LogP contribution in [0.15, 0.2) is 41.7 Å². The van der Waals surface area contributed by atoms with Crippen molar-refractivity contribution in [3.63, 3.8) is 0 Å². The van der Waals surface area contributed by atoms with Gasteiger partial charge in [0.05, 0.1) is 17.0 Å². The van der Waals surface area contributed by atoms with Crippen LogP contribution in [0.1, 0.15) is 17.9 Å². The Balaban J connectivity index is 1.92. The Labute approximate surface area is 142 Å². The highest BCUT2D eigenvalue weighted by Gasteiger charge is 2.12. The average molecular weight is 365 g/mol. The molecule has 3 aromatic rings. The van der Waals surface area contributed by atoms with Gasteiger partial charge in [0.25, 0.3) is 6.43 Å². The van der Waals surface area contributed by atoms with Crippen LogP contribution in [0.4, 0.5) is 14.6 Å². The first-order valence-corrected chi connectivity index (χ1v) is 9.02. The van der Waals surface area contributed by atoms with Gasteiger partial charge >= 0.3 is 0 Å². The van der Waals surface area contributed by atoms with Crippen LogP contribution in [-0.2, 0) is 16.4 Å². The molecule has 1 N–H and O–H groups in total.